The van der Waals surface area contributed by atoms with Crippen molar-refractivity contribution in [3.63, 3.8) is 0 Å². The Hall–Kier alpha value is 0.480. The lowest BCUT2D eigenvalue weighted by molar-refractivity contribution is 0.416. The van der Waals surface area contributed by atoms with E-state index in [1.807, 2.05) is 0 Å². The fraction of sp³-hybridized carbons (Fsp3) is 1.00. The summed E-state index contributed by atoms with van der Waals surface area (Å²) in [4.78, 5) is 0. The van der Waals surface area contributed by atoms with Gasteiger partial charge in [-0.05, 0) is 11.8 Å². The van der Waals surface area contributed by atoms with Gasteiger partial charge in [0.1, 0.15) is 0 Å². The first kappa shape index (κ1) is 8.48. The predicted molar refractivity (Wildman–Crippen MR) is 42.4 cm³/mol. The third-order valence-electron chi connectivity index (χ3n) is 1.86. The van der Waals surface area contributed by atoms with Crippen LogP contribution in [-0.4, -0.2) is 5.33 Å². The molecule has 0 aromatic rings. The molecule has 0 aliphatic heterocycles. The zero-order valence-corrected chi connectivity index (χ0v) is 7.53. The van der Waals surface area contributed by atoms with E-state index in [0.717, 1.165) is 17.2 Å². The van der Waals surface area contributed by atoms with Gasteiger partial charge in [0.05, 0.1) is 0 Å². The highest BCUT2D eigenvalue weighted by atomic mass is 79.9. The smallest absolute Gasteiger partial charge is 0.00595 e. The molecule has 0 saturated heterocycles. The van der Waals surface area contributed by atoms with Crippen molar-refractivity contribution < 1.29 is 0 Å². The molecule has 0 N–H and O–H groups in total. The van der Waals surface area contributed by atoms with Gasteiger partial charge in [-0.15, -0.1) is 0 Å². The highest BCUT2D eigenvalue weighted by Gasteiger charge is 2.06. The second-order valence-corrected chi connectivity index (χ2v) is 3.16. The van der Waals surface area contributed by atoms with Crippen molar-refractivity contribution >= 4 is 15.9 Å². The average molecular weight is 179 g/mol. The van der Waals surface area contributed by atoms with Crippen LogP contribution in [0.1, 0.15) is 27.2 Å². The van der Waals surface area contributed by atoms with Crippen molar-refractivity contribution in [1.29, 1.82) is 0 Å². The maximum Gasteiger partial charge on any atom is 0.00595 e. The van der Waals surface area contributed by atoms with Crippen LogP contribution in [0.25, 0.3) is 0 Å². The summed E-state index contributed by atoms with van der Waals surface area (Å²) >= 11 is 3.46. The fourth-order valence-corrected chi connectivity index (χ4v) is 1.19. The van der Waals surface area contributed by atoms with Gasteiger partial charge in [-0.25, -0.2) is 0 Å². The van der Waals surface area contributed by atoms with E-state index in [1.165, 1.54) is 6.42 Å². The van der Waals surface area contributed by atoms with E-state index >= 15 is 0 Å². The summed E-state index contributed by atoms with van der Waals surface area (Å²) in [6.45, 7) is 6.82. The van der Waals surface area contributed by atoms with Gasteiger partial charge in [0.15, 0.2) is 0 Å². The molecule has 1 heteroatoms. The largest absolute Gasteiger partial charge is 0.0925 e. The quantitative estimate of drug-likeness (QED) is 0.584. The minimum atomic E-state index is 0.833. The van der Waals surface area contributed by atoms with Gasteiger partial charge in [-0.1, -0.05) is 43.1 Å². The summed E-state index contributed by atoms with van der Waals surface area (Å²) < 4.78 is 0. The molecule has 2 atom stereocenters. The molecule has 0 aromatic heterocycles. The Morgan fingerprint density at radius 3 is 1.88 bits per heavy atom. The van der Waals surface area contributed by atoms with Crippen molar-refractivity contribution in [2.45, 2.75) is 27.2 Å². The van der Waals surface area contributed by atoms with Gasteiger partial charge < -0.3 is 0 Å². The van der Waals surface area contributed by atoms with E-state index < -0.39 is 0 Å². The molecule has 0 bridgehead atoms. The Balaban J connectivity index is 3.29. The summed E-state index contributed by atoms with van der Waals surface area (Å²) in [7, 11) is 0. The zero-order chi connectivity index (χ0) is 6.57. The molecule has 0 aromatic carbocycles. The van der Waals surface area contributed by atoms with Gasteiger partial charge in [0.2, 0.25) is 0 Å². The molecule has 0 rings (SSSR count). The molecule has 0 nitrogen and oxygen atoms in total. The second-order valence-electron chi connectivity index (χ2n) is 2.52. The van der Waals surface area contributed by atoms with E-state index in [2.05, 4.69) is 36.7 Å². The minimum Gasteiger partial charge on any atom is -0.0925 e. The summed E-state index contributed by atoms with van der Waals surface area (Å²) in [6, 6.07) is 0. The number of hydrogen-bond donors (Lipinski definition) is 0. The van der Waals surface area contributed by atoms with Crippen LogP contribution in [0.4, 0.5) is 0 Å². The number of rotatable bonds is 3. The molecule has 0 amide bonds. The van der Waals surface area contributed by atoms with Gasteiger partial charge in [-0.2, -0.15) is 0 Å². The minimum absolute atomic E-state index is 0.833. The molecule has 0 spiro atoms. The summed E-state index contributed by atoms with van der Waals surface area (Å²) in [6.07, 6.45) is 1.30. The molecular formula is C7H15Br. The summed E-state index contributed by atoms with van der Waals surface area (Å²) in [5, 5.41) is 1.14. The van der Waals surface area contributed by atoms with Gasteiger partial charge in [0, 0.05) is 5.33 Å². The molecule has 50 valence electrons. The van der Waals surface area contributed by atoms with Gasteiger partial charge in [-0.3, -0.25) is 0 Å². The second kappa shape index (κ2) is 4.37. The maximum atomic E-state index is 3.46. The third-order valence-corrected chi connectivity index (χ3v) is 2.88. The van der Waals surface area contributed by atoms with E-state index in [-0.39, 0.29) is 0 Å². The molecular weight excluding hydrogens is 164 g/mol. The Bertz CT molecular complexity index is 44.3. The number of halogens is 1. The van der Waals surface area contributed by atoms with E-state index in [9.17, 15) is 0 Å². The summed E-state index contributed by atoms with van der Waals surface area (Å²) in [5.74, 6) is 1.70. The standard InChI is InChI=1S/C7H15Br/c1-4-6(2)7(3)5-8/h6-7H,4-5H2,1-3H3. The lowest BCUT2D eigenvalue weighted by Crippen LogP contribution is -2.07. The zero-order valence-electron chi connectivity index (χ0n) is 5.95. The molecule has 0 saturated carbocycles. The van der Waals surface area contributed by atoms with Gasteiger partial charge in [0.25, 0.3) is 0 Å². The van der Waals surface area contributed by atoms with Crippen molar-refractivity contribution in [2.24, 2.45) is 11.8 Å². The Morgan fingerprint density at radius 1 is 1.25 bits per heavy atom. The van der Waals surface area contributed by atoms with Crippen molar-refractivity contribution in [3.05, 3.63) is 0 Å². The molecule has 0 aliphatic carbocycles. The SMILES string of the molecule is CCC(C)C(C)CBr. The highest BCUT2D eigenvalue weighted by Crippen LogP contribution is 2.15. The van der Waals surface area contributed by atoms with Crippen LogP contribution in [0.15, 0.2) is 0 Å². The lowest BCUT2D eigenvalue weighted by Gasteiger charge is -2.13. The molecule has 8 heavy (non-hydrogen) atoms. The average Bonchev–Trinajstić information content (AvgIpc) is 1.84. The Morgan fingerprint density at radius 2 is 1.75 bits per heavy atom. The maximum absolute atomic E-state index is 3.46. The first-order valence-corrected chi connectivity index (χ1v) is 4.40. The monoisotopic (exact) mass is 178 g/mol. The summed E-state index contributed by atoms with van der Waals surface area (Å²) in [5.41, 5.74) is 0. The first-order chi connectivity index (χ1) is 3.72. The van der Waals surface area contributed by atoms with E-state index in [1.54, 1.807) is 0 Å². The number of alkyl halides is 1. The first-order valence-electron chi connectivity index (χ1n) is 3.28. The molecule has 0 radical (unpaired) electrons. The van der Waals surface area contributed by atoms with Gasteiger partial charge >= 0.3 is 0 Å². The lowest BCUT2D eigenvalue weighted by atomic mass is 9.96. The topological polar surface area (TPSA) is 0 Å². The van der Waals surface area contributed by atoms with E-state index in [0.29, 0.717) is 0 Å². The van der Waals surface area contributed by atoms with Crippen LogP contribution in [-0.2, 0) is 0 Å². The van der Waals surface area contributed by atoms with Crippen molar-refractivity contribution in [1.82, 2.24) is 0 Å². The normalized spacial score (nSPS) is 18.0. The van der Waals surface area contributed by atoms with E-state index in [4.69, 9.17) is 0 Å². The molecule has 2 unspecified atom stereocenters. The van der Waals surface area contributed by atoms with Crippen LogP contribution < -0.4 is 0 Å². The van der Waals surface area contributed by atoms with Crippen LogP contribution >= 0.6 is 15.9 Å². The number of hydrogen-bond acceptors (Lipinski definition) is 0. The predicted octanol–water partition coefficient (Wildman–Crippen LogP) is 3.06. The molecule has 0 fully saturated rings. The van der Waals surface area contributed by atoms with Crippen LogP contribution in [0, 0.1) is 11.8 Å². The highest BCUT2D eigenvalue weighted by molar-refractivity contribution is 9.09. The van der Waals surface area contributed by atoms with Crippen LogP contribution in [0.3, 0.4) is 0 Å². The van der Waals surface area contributed by atoms with Crippen molar-refractivity contribution in [2.75, 3.05) is 5.33 Å². The van der Waals surface area contributed by atoms with Crippen LogP contribution in [0.2, 0.25) is 0 Å². The molecule has 0 heterocycles. The Kier molecular flexibility index (Phi) is 4.63. The third kappa shape index (κ3) is 2.71. The molecule has 0 aliphatic rings. The van der Waals surface area contributed by atoms with Crippen LogP contribution in [0.5, 0.6) is 0 Å². The Labute approximate surface area is 60.8 Å². The van der Waals surface area contributed by atoms with Crippen molar-refractivity contribution in [3.8, 4) is 0 Å². The fourth-order valence-electron chi connectivity index (χ4n) is 0.554.